The van der Waals surface area contributed by atoms with Crippen LogP contribution in [0.3, 0.4) is 0 Å². The van der Waals surface area contributed by atoms with Gasteiger partial charge in [0.2, 0.25) is 11.8 Å². The lowest BCUT2D eigenvalue weighted by molar-refractivity contribution is -0.131. The molecule has 0 spiro atoms. The molecule has 3 amide bonds. The van der Waals surface area contributed by atoms with Crippen LogP contribution in [0, 0.1) is 0 Å². The summed E-state index contributed by atoms with van der Waals surface area (Å²) in [6, 6.07) is 13.0. The molecule has 29 heavy (non-hydrogen) atoms. The molecule has 0 bridgehead atoms. The van der Waals surface area contributed by atoms with E-state index < -0.39 is 6.04 Å². The van der Waals surface area contributed by atoms with E-state index in [1.807, 2.05) is 6.07 Å². The highest BCUT2D eigenvalue weighted by atomic mass is 16.6. The van der Waals surface area contributed by atoms with Gasteiger partial charge in [-0.25, -0.2) is 0 Å². The van der Waals surface area contributed by atoms with E-state index >= 15 is 0 Å². The first-order chi connectivity index (χ1) is 14.1. The predicted octanol–water partition coefficient (Wildman–Crippen LogP) is 1.43. The van der Waals surface area contributed by atoms with Crippen molar-refractivity contribution in [2.45, 2.75) is 12.5 Å². The standard InChI is InChI=1S/C21H21N3O5/c25-19(23-15-6-7-17-18(12-15)29-11-10-28-17)13-16-20(26)22-8-9-24(16)21(27)14-4-2-1-3-5-14/h1-7,12,16H,8-11,13H2,(H,22,26)(H,23,25)/t16-/m1/s1. The molecule has 2 aliphatic heterocycles. The summed E-state index contributed by atoms with van der Waals surface area (Å²) in [7, 11) is 0. The number of fused-ring (bicyclic) bond motifs is 1. The smallest absolute Gasteiger partial charge is 0.254 e. The minimum Gasteiger partial charge on any atom is -0.486 e. The SMILES string of the molecule is O=C(C[C@@H]1C(=O)NCCN1C(=O)c1ccccc1)Nc1ccc2c(c1)OCCO2. The maximum atomic E-state index is 12.8. The van der Waals surface area contributed by atoms with Crippen molar-refractivity contribution >= 4 is 23.4 Å². The van der Waals surface area contributed by atoms with Gasteiger partial charge in [0, 0.05) is 30.4 Å². The first kappa shape index (κ1) is 18.8. The molecule has 0 saturated carbocycles. The van der Waals surface area contributed by atoms with Crippen LogP contribution in [-0.2, 0) is 9.59 Å². The monoisotopic (exact) mass is 395 g/mol. The van der Waals surface area contributed by atoms with Crippen molar-refractivity contribution in [3.63, 3.8) is 0 Å². The van der Waals surface area contributed by atoms with Crippen molar-refractivity contribution in [3.8, 4) is 11.5 Å². The second kappa shape index (κ2) is 8.22. The summed E-state index contributed by atoms with van der Waals surface area (Å²) in [6.45, 7) is 1.64. The molecule has 2 aliphatic rings. The summed E-state index contributed by atoms with van der Waals surface area (Å²) in [5.41, 5.74) is 1.02. The van der Waals surface area contributed by atoms with E-state index in [9.17, 15) is 14.4 Å². The van der Waals surface area contributed by atoms with Gasteiger partial charge in [-0.3, -0.25) is 14.4 Å². The molecule has 0 unspecified atom stereocenters. The number of hydrogen-bond donors (Lipinski definition) is 2. The van der Waals surface area contributed by atoms with E-state index in [1.165, 1.54) is 4.90 Å². The van der Waals surface area contributed by atoms with Gasteiger partial charge in [0.25, 0.3) is 5.91 Å². The van der Waals surface area contributed by atoms with Gasteiger partial charge in [-0.15, -0.1) is 0 Å². The first-order valence-corrected chi connectivity index (χ1v) is 9.45. The third kappa shape index (κ3) is 4.16. The van der Waals surface area contributed by atoms with Crippen molar-refractivity contribution in [1.82, 2.24) is 10.2 Å². The Morgan fingerprint density at radius 1 is 1.07 bits per heavy atom. The van der Waals surface area contributed by atoms with Crippen molar-refractivity contribution in [3.05, 3.63) is 54.1 Å². The van der Waals surface area contributed by atoms with E-state index in [2.05, 4.69) is 10.6 Å². The molecular weight excluding hydrogens is 374 g/mol. The topological polar surface area (TPSA) is 97.0 Å². The number of carbonyl (C=O) groups excluding carboxylic acids is 3. The minimum absolute atomic E-state index is 0.140. The third-order valence-corrected chi connectivity index (χ3v) is 4.82. The summed E-state index contributed by atoms with van der Waals surface area (Å²) >= 11 is 0. The second-order valence-electron chi connectivity index (χ2n) is 6.78. The van der Waals surface area contributed by atoms with Crippen LogP contribution in [0.15, 0.2) is 48.5 Å². The number of nitrogens with zero attached hydrogens (tertiary/aromatic N) is 1. The van der Waals surface area contributed by atoms with Crippen LogP contribution in [0.1, 0.15) is 16.8 Å². The van der Waals surface area contributed by atoms with Gasteiger partial charge >= 0.3 is 0 Å². The summed E-state index contributed by atoms with van der Waals surface area (Å²) in [6.07, 6.45) is -0.140. The number of nitrogens with one attached hydrogen (secondary N) is 2. The summed E-state index contributed by atoms with van der Waals surface area (Å²) in [5, 5.41) is 5.50. The van der Waals surface area contributed by atoms with E-state index in [0.29, 0.717) is 49.1 Å². The van der Waals surface area contributed by atoms with Gasteiger partial charge < -0.3 is 25.0 Å². The molecule has 0 radical (unpaired) electrons. The fraction of sp³-hybridized carbons (Fsp3) is 0.286. The number of ether oxygens (including phenoxy) is 2. The van der Waals surface area contributed by atoms with Crippen LogP contribution in [0.5, 0.6) is 11.5 Å². The van der Waals surface area contributed by atoms with E-state index in [-0.39, 0.29) is 24.1 Å². The van der Waals surface area contributed by atoms with Gasteiger partial charge in [0.05, 0.1) is 6.42 Å². The average Bonchev–Trinajstić information content (AvgIpc) is 2.75. The van der Waals surface area contributed by atoms with Crippen LogP contribution < -0.4 is 20.1 Å². The molecule has 8 heteroatoms. The number of piperazine rings is 1. The van der Waals surface area contributed by atoms with Crippen molar-refractivity contribution in [2.75, 3.05) is 31.6 Å². The number of anilines is 1. The Kier molecular flexibility index (Phi) is 5.33. The zero-order valence-electron chi connectivity index (χ0n) is 15.7. The van der Waals surface area contributed by atoms with Crippen molar-refractivity contribution in [2.24, 2.45) is 0 Å². The van der Waals surface area contributed by atoms with E-state index in [4.69, 9.17) is 9.47 Å². The van der Waals surface area contributed by atoms with Gasteiger partial charge in [-0.1, -0.05) is 18.2 Å². The Bertz CT molecular complexity index is 931. The van der Waals surface area contributed by atoms with Crippen LogP contribution >= 0.6 is 0 Å². The molecule has 1 saturated heterocycles. The number of amides is 3. The quantitative estimate of drug-likeness (QED) is 0.816. The molecule has 4 rings (SSSR count). The maximum Gasteiger partial charge on any atom is 0.254 e. The second-order valence-corrected chi connectivity index (χ2v) is 6.78. The molecule has 2 N–H and O–H groups in total. The Balaban J connectivity index is 1.46. The normalized spacial score (nSPS) is 18.0. The lowest BCUT2D eigenvalue weighted by atomic mass is 10.1. The molecular formula is C21H21N3O5. The Labute approximate surface area is 167 Å². The largest absolute Gasteiger partial charge is 0.486 e. The minimum atomic E-state index is -0.867. The lowest BCUT2D eigenvalue weighted by Crippen LogP contribution is -2.58. The zero-order chi connectivity index (χ0) is 20.2. The first-order valence-electron chi connectivity index (χ1n) is 9.45. The zero-order valence-corrected chi connectivity index (χ0v) is 15.7. The van der Waals surface area contributed by atoms with Gasteiger partial charge in [0.1, 0.15) is 19.3 Å². The highest BCUT2D eigenvalue weighted by Crippen LogP contribution is 2.32. The predicted molar refractivity (Wildman–Crippen MR) is 105 cm³/mol. The number of benzene rings is 2. The molecule has 2 heterocycles. The molecule has 8 nitrogen and oxygen atoms in total. The summed E-state index contributed by atoms with van der Waals surface area (Å²) < 4.78 is 11.0. The van der Waals surface area contributed by atoms with Crippen LogP contribution in [-0.4, -0.2) is 55.0 Å². The Morgan fingerprint density at radius 2 is 1.83 bits per heavy atom. The third-order valence-electron chi connectivity index (χ3n) is 4.82. The lowest BCUT2D eigenvalue weighted by Gasteiger charge is -2.34. The average molecular weight is 395 g/mol. The fourth-order valence-corrected chi connectivity index (χ4v) is 3.42. The van der Waals surface area contributed by atoms with Crippen molar-refractivity contribution < 1.29 is 23.9 Å². The molecule has 0 aromatic heterocycles. The van der Waals surface area contributed by atoms with Gasteiger partial charge in [0.15, 0.2) is 11.5 Å². The Hall–Kier alpha value is -3.55. The molecule has 2 aromatic carbocycles. The molecule has 1 atom stereocenters. The van der Waals surface area contributed by atoms with Crippen LogP contribution in [0.25, 0.3) is 0 Å². The van der Waals surface area contributed by atoms with E-state index in [0.717, 1.165) is 0 Å². The highest BCUT2D eigenvalue weighted by molar-refractivity contribution is 6.01. The maximum absolute atomic E-state index is 12.8. The van der Waals surface area contributed by atoms with Gasteiger partial charge in [-0.2, -0.15) is 0 Å². The molecule has 1 fully saturated rings. The number of rotatable bonds is 4. The number of hydrogen-bond acceptors (Lipinski definition) is 5. The molecule has 150 valence electrons. The van der Waals surface area contributed by atoms with Gasteiger partial charge in [-0.05, 0) is 24.3 Å². The molecule has 2 aromatic rings. The number of carbonyl (C=O) groups is 3. The van der Waals surface area contributed by atoms with Crippen molar-refractivity contribution in [1.29, 1.82) is 0 Å². The Morgan fingerprint density at radius 3 is 2.62 bits per heavy atom. The van der Waals surface area contributed by atoms with E-state index in [1.54, 1.807) is 42.5 Å². The fourth-order valence-electron chi connectivity index (χ4n) is 3.42. The summed E-state index contributed by atoms with van der Waals surface area (Å²) in [4.78, 5) is 39.3. The van der Waals surface area contributed by atoms with Crippen LogP contribution in [0.2, 0.25) is 0 Å². The molecule has 0 aliphatic carbocycles. The highest BCUT2D eigenvalue weighted by Gasteiger charge is 2.35. The van der Waals surface area contributed by atoms with Crippen LogP contribution in [0.4, 0.5) is 5.69 Å². The summed E-state index contributed by atoms with van der Waals surface area (Å²) in [5.74, 6) is 0.218.